The highest BCUT2D eigenvalue weighted by Crippen LogP contribution is 2.40. The Balaban J connectivity index is 1.90. The normalized spacial score (nSPS) is 39.2. The van der Waals surface area contributed by atoms with Gasteiger partial charge >= 0.3 is 0 Å². The second-order valence-corrected chi connectivity index (χ2v) is 6.85. The summed E-state index contributed by atoms with van der Waals surface area (Å²) >= 11 is 1.70. The summed E-state index contributed by atoms with van der Waals surface area (Å²) in [4.78, 5) is 14.6. The molecule has 0 radical (unpaired) electrons. The van der Waals surface area contributed by atoms with E-state index in [1.54, 1.807) is 11.3 Å². The average molecular weight is 278 g/mol. The van der Waals surface area contributed by atoms with Gasteiger partial charge in [0, 0.05) is 6.04 Å². The van der Waals surface area contributed by atoms with Crippen LogP contribution < -0.4 is 5.32 Å². The number of amides is 1. The largest absolute Gasteiger partial charge is 0.318 e. The van der Waals surface area contributed by atoms with Crippen molar-refractivity contribution >= 4 is 17.2 Å². The highest BCUT2D eigenvalue weighted by Gasteiger charge is 2.45. The summed E-state index contributed by atoms with van der Waals surface area (Å²) in [6, 6.07) is 2.46. The third kappa shape index (κ3) is 2.11. The molecule has 1 saturated carbocycles. The summed E-state index contributed by atoms with van der Waals surface area (Å²) < 4.78 is 0. The van der Waals surface area contributed by atoms with Crippen molar-refractivity contribution in [1.82, 2.24) is 10.2 Å². The molecule has 1 aliphatic heterocycles. The molecule has 5 unspecified atom stereocenters. The van der Waals surface area contributed by atoms with Crippen LogP contribution in [0.1, 0.15) is 45.3 Å². The van der Waals surface area contributed by atoms with Crippen LogP contribution in [0.3, 0.4) is 0 Å². The Labute approximate surface area is 119 Å². The van der Waals surface area contributed by atoms with E-state index >= 15 is 0 Å². The van der Waals surface area contributed by atoms with Crippen molar-refractivity contribution < 1.29 is 4.79 Å². The molecule has 1 aromatic heterocycles. The smallest absolute Gasteiger partial charge is 0.241 e. The number of nitrogens with zero attached hydrogens (tertiary/aromatic N) is 1. The molecular weight excluding hydrogens is 256 g/mol. The highest BCUT2D eigenvalue weighted by atomic mass is 32.1. The Bertz CT molecular complexity index is 459. The second-order valence-electron chi connectivity index (χ2n) is 6.07. The number of carbonyl (C=O) groups is 1. The Morgan fingerprint density at radius 2 is 2.11 bits per heavy atom. The van der Waals surface area contributed by atoms with Crippen LogP contribution in [0.25, 0.3) is 0 Å². The quantitative estimate of drug-likeness (QED) is 0.902. The lowest BCUT2D eigenvalue weighted by atomic mass is 9.96. The third-order valence-corrected chi connectivity index (χ3v) is 5.65. The van der Waals surface area contributed by atoms with Gasteiger partial charge in [-0.15, -0.1) is 0 Å². The number of hydrogen-bond donors (Lipinski definition) is 1. The van der Waals surface area contributed by atoms with Gasteiger partial charge in [-0.05, 0) is 54.0 Å². The number of rotatable bonds is 2. The predicted molar refractivity (Wildman–Crippen MR) is 77.9 cm³/mol. The van der Waals surface area contributed by atoms with Crippen LogP contribution in [-0.2, 0) is 4.79 Å². The number of nitrogens with one attached hydrogen (secondary N) is 1. The van der Waals surface area contributed by atoms with E-state index < -0.39 is 0 Å². The molecule has 4 heteroatoms. The zero-order valence-corrected chi connectivity index (χ0v) is 12.6. The first kappa shape index (κ1) is 13.1. The summed E-state index contributed by atoms with van der Waals surface area (Å²) in [5.41, 5.74) is 1.23. The number of carbonyl (C=O) groups excluding carboxylic acids is 1. The standard InChI is InChI=1S/C15H22N2OS/c1-9-4-5-13(10(9)2)17-14(12-6-7-19-8-12)16-11(3)15(17)18/h6-11,13-14,16H,4-5H2,1-3H3. The lowest BCUT2D eigenvalue weighted by molar-refractivity contribution is -0.132. The first-order valence-corrected chi connectivity index (χ1v) is 8.14. The lowest BCUT2D eigenvalue weighted by Crippen LogP contribution is -2.42. The van der Waals surface area contributed by atoms with Crippen molar-refractivity contribution in [3.8, 4) is 0 Å². The maximum atomic E-state index is 12.5. The molecule has 104 valence electrons. The molecule has 1 aromatic rings. The van der Waals surface area contributed by atoms with Gasteiger partial charge in [-0.3, -0.25) is 10.1 Å². The van der Waals surface area contributed by atoms with Crippen molar-refractivity contribution in [2.24, 2.45) is 11.8 Å². The molecule has 0 aromatic carbocycles. The average Bonchev–Trinajstić information content (AvgIpc) is 3.07. The van der Waals surface area contributed by atoms with E-state index in [1.165, 1.54) is 12.0 Å². The van der Waals surface area contributed by atoms with Gasteiger partial charge in [-0.1, -0.05) is 13.8 Å². The van der Waals surface area contributed by atoms with Crippen LogP contribution in [0.4, 0.5) is 0 Å². The molecule has 0 bridgehead atoms. The third-order valence-electron chi connectivity index (χ3n) is 4.95. The van der Waals surface area contributed by atoms with Gasteiger partial charge in [0.2, 0.25) is 5.91 Å². The summed E-state index contributed by atoms with van der Waals surface area (Å²) in [5.74, 6) is 1.58. The maximum absolute atomic E-state index is 12.5. The van der Waals surface area contributed by atoms with Gasteiger partial charge in [0.25, 0.3) is 0 Å². The minimum atomic E-state index is -0.0620. The van der Waals surface area contributed by atoms with E-state index in [4.69, 9.17) is 0 Å². The minimum absolute atomic E-state index is 0.0620. The number of thiophene rings is 1. The molecule has 5 atom stereocenters. The van der Waals surface area contributed by atoms with Crippen molar-refractivity contribution in [3.05, 3.63) is 22.4 Å². The first-order chi connectivity index (χ1) is 9.09. The molecule has 1 amide bonds. The van der Waals surface area contributed by atoms with E-state index in [-0.39, 0.29) is 18.1 Å². The van der Waals surface area contributed by atoms with E-state index in [9.17, 15) is 4.79 Å². The molecule has 1 N–H and O–H groups in total. The summed E-state index contributed by atoms with van der Waals surface area (Å²) in [7, 11) is 0. The number of hydrogen-bond acceptors (Lipinski definition) is 3. The zero-order chi connectivity index (χ0) is 13.6. The fourth-order valence-corrected chi connectivity index (χ4v) is 4.19. The van der Waals surface area contributed by atoms with Gasteiger partial charge in [0.05, 0.1) is 6.04 Å². The van der Waals surface area contributed by atoms with Gasteiger partial charge in [-0.2, -0.15) is 11.3 Å². The predicted octanol–water partition coefficient (Wildman–Crippen LogP) is 3.00. The van der Waals surface area contributed by atoms with Crippen LogP contribution in [-0.4, -0.2) is 22.9 Å². The van der Waals surface area contributed by atoms with E-state index in [1.807, 2.05) is 6.92 Å². The molecule has 2 fully saturated rings. The van der Waals surface area contributed by atoms with Crippen molar-refractivity contribution in [3.63, 3.8) is 0 Å². The van der Waals surface area contributed by atoms with Crippen molar-refractivity contribution in [2.45, 2.75) is 51.9 Å². The van der Waals surface area contributed by atoms with Crippen LogP contribution in [0.2, 0.25) is 0 Å². The Morgan fingerprint density at radius 1 is 1.32 bits per heavy atom. The summed E-state index contributed by atoms with van der Waals surface area (Å²) in [6.45, 7) is 6.58. The topological polar surface area (TPSA) is 32.3 Å². The molecule has 19 heavy (non-hydrogen) atoms. The van der Waals surface area contributed by atoms with Crippen LogP contribution in [0, 0.1) is 11.8 Å². The van der Waals surface area contributed by atoms with Gasteiger partial charge in [0.1, 0.15) is 6.17 Å². The fourth-order valence-electron chi connectivity index (χ4n) is 3.51. The molecule has 0 spiro atoms. The highest BCUT2D eigenvalue weighted by molar-refractivity contribution is 7.07. The SMILES string of the molecule is CC1NC(c2ccsc2)N(C2CCC(C)C2C)C1=O. The Hall–Kier alpha value is -0.870. The van der Waals surface area contributed by atoms with Gasteiger partial charge < -0.3 is 4.90 Å². The van der Waals surface area contributed by atoms with Crippen LogP contribution >= 0.6 is 11.3 Å². The Kier molecular flexibility index (Phi) is 3.39. The van der Waals surface area contributed by atoms with Gasteiger partial charge in [-0.25, -0.2) is 0 Å². The minimum Gasteiger partial charge on any atom is -0.318 e. The summed E-state index contributed by atoms with van der Waals surface area (Å²) in [5, 5.41) is 7.69. The Morgan fingerprint density at radius 3 is 2.68 bits per heavy atom. The van der Waals surface area contributed by atoms with Crippen molar-refractivity contribution in [2.75, 3.05) is 0 Å². The van der Waals surface area contributed by atoms with Gasteiger partial charge in [0.15, 0.2) is 0 Å². The van der Waals surface area contributed by atoms with Crippen LogP contribution in [0.5, 0.6) is 0 Å². The van der Waals surface area contributed by atoms with Crippen molar-refractivity contribution in [1.29, 1.82) is 0 Å². The molecule has 3 rings (SSSR count). The first-order valence-electron chi connectivity index (χ1n) is 7.20. The molecule has 1 saturated heterocycles. The molecular formula is C15H22N2OS. The molecule has 2 aliphatic rings. The summed E-state index contributed by atoms with van der Waals surface area (Å²) in [6.07, 6.45) is 2.45. The lowest BCUT2D eigenvalue weighted by Gasteiger charge is -2.33. The zero-order valence-electron chi connectivity index (χ0n) is 11.8. The maximum Gasteiger partial charge on any atom is 0.241 e. The molecule has 1 aliphatic carbocycles. The van der Waals surface area contributed by atoms with E-state index in [2.05, 4.69) is 40.9 Å². The molecule has 3 nitrogen and oxygen atoms in total. The second kappa shape index (κ2) is 4.91. The van der Waals surface area contributed by atoms with Crippen LogP contribution in [0.15, 0.2) is 16.8 Å². The monoisotopic (exact) mass is 278 g/mol. The fraction of sp³-hybridized carbons (Fsp3) is 0.667. The van der Waals surface area contributed by atoms with E-state index in [0.717, 1.165) is 12.3 Å². The molecule has 2 heterocycles. The van der Waals surface area contributed by atoms with E-state index in [0.29, 0.717) is 12.0 Å².